The highest BCUT2D eigenvalue weighted by Gasteiger charge is 2.18. The minimum absolute atomic E-state index is 0.280. The van der Waals surface area contributed by atoms with Crippen molar-refractivity contribution < 1.29 is 4.74 Å². The van der Waals surface area contributed by atoms with E-state index in [1.54, 1.807) is 7.11 Å². The van der Waals surface area contributed by atoms with Gasteiger partial charge in [-0.05, 0) is 48.7 Å². The molecule has 0 N–H and O–H groups in total. The summed E-state index contributed by atoms with van der Waals surface area (Å²) in [5.41, 5.74) is 4.07. The van der Waals surface area contributed by atoms with Crippen molar-refractivity contribution >= 4 is 39.1 Å². The zero-order chi connectivity index (χ0) is 14.9. The molecule has 0 bridgehead atoms. The summed E-state index contributed by atoms with van der Waals surface area (Å²) in [5.74, 6) is 0.790. The van der Waals surface area contributed by atoms with E-state index in [9.17, 15) is 0 Å². The van der Waals surface area contributed by atoms with Gasteiger partial charge in [-0.3, -0.25) is 0 Å². The molecule has 106 valence electrons. The molecule has 0 aromatic heterocycles. The van der Waals surface area contributed by atoms with Crippen molar-refractivity contribution in [2.75, 3.05) is 7.11 Å². The van der Waals surface area contributed by atoms with Crippen molar-refractivity contribution in [1.29, 1.82) is 0 Å². The molecule has 0 amide bonds. The van der Waals surface area contributed by atoms with Crippen molar-refractivity contribution in [2.24, 2.45) is 0 Å². The predicted octanol–water partition coefficient (Wildman–Crippen LogP) is 6.06. The van der Waals surface area contributed by atoms with Crippen molar-refractivity contribution in [1.82, 2.24) is 0 Å². The predicted molar refractivity (Wildman–Crippen MR) is 89.3 cm³/mol. The Kier molecular flexibility index (Phi) is 5.00. The molecule has 0 radical (unpaired) electrons. The van der Waals surface area contributed by atoms with Crippen LogP contribution >= 0.6 is 39.1 Å². The Morgan fingerprint density at radius 1 is 1.10 bits per heavy atom. The molecule has 1 unspecified atom stereocenters. The summed E-state index contributed by atoms with van der Waals surface area (Å²) in [6.07, 6.45) is 0. The van der Waals surface area contributed by atoms with Gasteiger partial charge in [-0.15, -0.1) is 11.6 Å². The summed E-state index contributed by atoms with van der Waals surface area (Å²) < 4.78 is 6.46. The van der Waals surface area contributed by atoms with E-state index >= 15 is 0 Å². The van der Waals surface area contributed by atoms with Crippen LogP contribution in [0, 0.1) is 13.8 Å². The number of halogens is 3. The fourth-order valence-corrected chi connectivity index (χ4v) is 2.84. The molecule has 0 aliphatic rings. The minimum Gasteiger partial charge on any atom is -0.496 e. The average molecular weight is 374 g/mol. The molecule has 4 heteroatoms. The third kappa shape index (κ3) is 3.13. The van der Waals surface area contributed by atoms with E-state index < -0.39 is 0 Å². The van der Waals surface area contributed by atoms with E-state index in [2.05, 4.69) is 15.9 Å². The average Bonchev–Trinajstić information content (AvgIpc) is 2.43. The van der Waals surface area contributed by atoms with Gasteiger partial charge in [0.15, 0.2) is 0 Å². The Bertz CT molecular complexity index is 641. The van der Waals surface area contributed by atoms with Crippen LogP contribution in [0.1, 0.15) is 27.6 Å². The lowest BCUT2D eigenvalue weighted by atomic mass is 10.0. The Morgan fingerprint density at radius 3 is 2.40 bits per heavy atom. The second kappa shape index (κ2) is 6.38. The molecule has 2 aromatic rings. The summed E-state index contributed by atoms with van der Waals surface area (Å²) >= 11 is 16.2. The van der Waals surface area contributed by atoms with Gasteiger partial charge < -0.3 is 4.74 Å². The van der Waals surface area contributed by atoms with Gasteiger partial charge >= 0.3 is 0 Å². The van der Waals surface area contributed by atoms with Crippen LogP contribution < -0.4 is 4.74 Å². The zero-order valence-electron chi connectivity index (χ0n) is 11.5. The Labute approximate surface area is 138 Å². The van der Waals surface area contributed by atoms with Gasteiger partial charge in [0.25, 0.3) is 0 Å². The molecule has 0 saturated carbocycles. The molecule has 0 saturated heterocycles. The van der Waals surface area contributed by atoms with Gasteiger partial charge in [0.2, 0.25) is 0 Å². The monoisotopic (exact) mass is 372 g/mol. The SMILES string of the molecule is COc1cc(C)c(Br)cc1C(Cl)c1ccc(Cl)c(C)c1. The van der Waals surface area contributed by atoms with Crippen LogP contribution in [0.15, 0.2) is 34.8 Å². The van der Waals surface area contributed by atoms with Crippen LogP contribution in [0.2, 0.25) is 5.02 Å². The lowest BCUT2D eigenvalue weighted by molar-refractivity contribution is 0.409. The normalized spacial score (nSPS) is 12.3. The quantitative estimate of drug-likeness (QED) is 0.594. The first-order valence-electron chi connectivity index (χ1n) is 6.18. The fourth-order valence-electron chi connectivity index (χ4n) is 2.05. The van der Waals surface area contributed by atoms with Crippen molar-refractivity contribution in [3.63, 3.8) is 0 Å². The molecule has 0 heterocycles. The maximum atomic E-state index is 6.62. The van der Waals surface area contributed by atoms with Crippen LogP contribution in [0.3, 0.4) is 0 Å². The molecule has 1 atom stereocenters. The summed E-state index contributed by atoms with van der Waals surface area (Å²) in [5, 5.41) is 0.465. The van der Waals surface area contributed by atoms with Crippen LogP contribution in [-0.2, 0) is 0 Å². The summed E-state index contributed by atoms with van der Waals surface area (Å²) in [4.78, 5) is 0. The second-order valence-corrected chi connectivity index (χ2v) is 6.41. The number of ether oxygens (including phenoxy) is 1. The van der Waals surface area contributed by atoms with Gasteiger partial charge in [0.1, 0.15) is 5.75 Å². The maximum Gasteiger partial charge on any atom is 0.124 e. The molecule has 0 aliphatic heterocycles. The van der Waals surface area contributed by atoms with Gasteiger partial charge in [0, 0.05) is 15.1 Å². The molecule has 0 spiro atoms. The largest absolute Gasteiger partial charge is 0.496 e. The number of methoxy groups -OCH3 is 1. The first-order chi connectivity index (χ1) is 9.43. The highest BCUT2D eigenvalue weighted by atomic mass is 79.9. The maximum absolute atomic E-state index is 6.62. The fraction of sp³-hybridized carbons (Fsp3) is 0.250. The lowest BCUT2D eigenvalue weighted by Crippen LogP contribution is -1.99. The van der Waals surface area contributed by atoms with Crippen molar-refractivity contribution in [3.05, 3.63) is 62.1 Å². The highest BCUT2D eigenvalue weighted by molar-refractivity contribution is 9.10. The van der Waals surface area contributed by atoms with E-state index in [1.165, 1.54) is 0 Å². The summed E-state index contributed by atoms with van der Waals surface area (Å²) in [6, 6.07) is 9.82. The zero-order valence-corrected chi connectivity index (χ0v) is 14.6. The Morgan fingerprint density at radius 2 is 1.80 bits per heavy atom. The van der Waals surface area contributed by atoms with Crippen molar-refractivity contribution in [3.8, 4) is 5.75 Å². The Hall–Kier alpha value is -0.700. The van der Waals surface area contributed by atoms with Crippen LogP contribution in [0.5, 0.6) is 5.75 Å². The van der Waals surface area contributed by atoms with E-state index in [-0.39, 0.29) is 5.38 Å². The Balaban J connectivity index is 2.49. The van der Waals surface area contributed by atoms with E-state index in [1.807, 2.05) is 44.2 Å². The van der Waals surface area contributed by atoms with Gasteiger partial charge in [-0.1, -0.05) is 39.7 Å². The van der Waals surface area contributed by atoms with E-state index in [0.29, 0.717) is 0 Å². The molecular formula is C16H15BrCl2O. The first kappa shape index (κ1) is 15.7. The molecule has 0 fully saturated rings. The number of alkyl halides is 1. The van der Waals surface area contributed by atoms with E-state index in [4.69, 9.17) is 27.9 Å². The molecule has 2 aromatic carbocycles. The van der Waals surface area contributed by atoms with E-state index in [0.717, 1.165) is 37.5 Å². The standard InChI is InChI=1S/C16H15BrCl2O/c1-9-7-15(20-3)12(8-13(9)17)16(19)11-4-5-14(18)10(2)6-11/h4-8,16H,1-3H3. The second-order valence-electron chi connectivity index (χ2n) is 4.71. The number of hydrogen-bond donors (Lipinski definition) is 0. The molecule has 0 aliphatic carbocycles. The molecule has 2 rings (SSSR count). The highest BCUT2D eigenvalue weighted by Crippen LogP contribution is 2.38. The molecular weight excluding hydrogens is 359 g/mol. The molecule has 20 heavy (non-hydrogen) atoms. The third-order valence-electron chi connectivity index (χ3n) is 3.26. The van der Waals surface area contributed by atoms with Gasteiger partial charge in [0.05, 0.1) is 12.5 Å². The number of aryl methyl sites for hydroxylation is 2. The smallest absolute Gasteiger partial charge is 0.124 e. The summed E-state index contributed by atoms with van der Waals surface area (Å²) in [7, 11) is 1.66. The van der Waals surface area contributed by atoms with Crippen molar-refractivity contribution in [2.45, 2.75) is 19.2 Å². The van der Waals surface area contributed by atoms with Crippen LogP contribution in [0.4, 0.5) is 0 Å². The lowest BCUT2D eigenvalue weighted by Gasteiger charge is -2.17. The van der Waals surface area contributed by atoms with Gasteiger partial charge in [-0.25, -0.2) is 0 Å². The van der Waals surface area contributed by atoms with Gasteiger partial charge in [-0.2, -0.15) is 0 Å². The molecule has 1 nitrogen and oxygen atoms in total. The number of rotatable bonds is 3. The summed E-state index contributed by atoms with van der Waals surface area (Å²) in [6.45, 7) is 3.99. The topological polar surface area (TPSA) is 9.23 Å². The van der Waals surface area contributed by atoms with Crippen LogP contribution in [-0.4, -0.2) is 7.11 Å². The van der Waals surface area contributed by atoms with Crippen LogP contribution in [0.25, 0.3) is 0 Å². The minimum atomic E-state index is -0.280. The third-order valence-corrected chi connectivity index (χ3v) is 5.02. The number of hydrogen-bond acceptors (Lipinski definition) is 1. The first-order valence-corrected chi connectivity index (χ1v) is 7.79. The number of benzene rings is 2.